The Kier molecular flexibility index (Phi) is 20.8. The average Bonchev–Trinajstić information content (AvgIpc) is 3.78. The monoisotopic (exact) mass is 1060 g/mol. The van der Waals surface area contributed by atoms with E-state index in [2.05, 4.69) is 64.0 Å². The molecule has 3 fully saturated rings. The number of carbonyl (C=O) groups is 4. The second kappa shape index (κ2) is 25.8. The summed E-state index contributed by atoms with van der Waals surface area (Å²) in [6.07, 6.45) is 5.23. The number of H-pyrrole nitrogens is 1. The zero-order valence-electron chi connectivity index (χ0n) is 47.7. The van der Waals surface area contributed by atoms with Crippen molar-refractivity contribution in [2.45, 2.75) is 212 Å². The van der Waals surface area contributed by atoms with Crippen molar-refractivity contribution >= 4 is 42.7 Å². The zero-order valence-corrected chi connectivity index (χ0v) is 48.7. The molecule has 2 bridgehead atoms. The largest absolute Gasteiger partial charge is 0.488 e. The summed E-state index contributed by atoms with van der Waals surface area (Å²) in [5.74, 6) is -6.81. The quantitative estimate of drug-likeness (QED) is 0.0789. The fraction of sp³-hybridized carbons (Fsp3) is 0.729. The SMILES string of the molecule is CCC1/C=C(\C)CC(C)CC(OC)C2OC(O)(C(=O)C(=O)N3CCCCC3C(=O)OC(C(C)=CC3CCC(Oc4ccc5cc(CCO[Si](C)(C)C(C)(C)C)[nH]c5c4)C(OC)C3)C(C)C(O)CC1=O)C(C)CC2OC. The van der Waals surface area contributed by atoms with Gasteiger partial charge in [-0.2, -0.15) is 0 Å². The van der Waals surface area contributed by atoms with Crippen LogP contribution in [0.15, 0.2) is 47.6 Å². The number of piperidine rings is 1. The van der Waals surface area contributed by atoms with Crippen LogP contribution in [0.25, 0.3) is 10.9 Å². The summed E-state index contributed by atoms with van der Waals surface area (Å²) in [6.45, 7) is 23.3. The maximum atomic E-state index is 14.7. The van der Waals surface area contributed by atoms with Gasteiger partial charge in [-0.25, -0.2) is 4.79 Å². The highest BCUT2D eigenvalue weighted by Crippen LogP contribution is 2.41. The van der Waals surface area contributed by atoms with Crippen molar-refractivity contribution < 1.29 is 62.2 Å². The number of benzene rings is 1. The van der Waals surface area contributed by atoms with Gasteiger partial charge in [-0.3, -0.25) is 14.4 Å². The van der Waals surface area contributed by atoms with E-state index in [1.165, 1.54) is 4.90 Å². The third-order valence-corrected chi connectivity index (χ3v) is 22.0. The molecule has 1 aromatic heterocycles. The standard InChI is InChI=1S/C59H92N2O13Si/c1-15-41-27-35(2)26-36(3)28-51(69-11)54-52(70-12)30-38(5)59(67,74-54)55(64)56(65)61-24-17-16-18-46(61)57(66)73-53(39(6)47(62)34-48(41)63)37(4)29-40-19-22-49(50(31-40)68-10)72-44-21-20-42-32-43(60-45(42)33-44)23-25-71-75(13,14)58(7,8)9/h20-21,27,29,32-33,36,38-41,46-47,49-54,60,62,67H,15-19,22-26,28,30-31,34H2,1-14H3/b35-27+,37-29?. The number of ketones is 2. The third-order valence-electron chi connectivity index (χ3n) is 17.4. The third kappa shape index (κ3) is 14.5. The summed E-state index contributed by atoms with van der Waals surface area (Å²) in [4.78, 5) is 62.4. The van der Waals surface area contributed by atoms with Crippen LogP contribution in [0.3, 0.4) is 0 Å². The number of Topliss-reactive ketones (excluding diaryl/α,β-unsaturated/α-hetero) is 2. The molecule has 1 saturated carbocycles. The molecule has 4 aliphatic rings. The molecule has 75 heavy (non-hydrogen) atoms. The number of ether oxygens (including phenoxy) is 6. The van der Waals surface area contributed by atoms with Crippen LogP contribution < -0.4 is 4.74 Å². The summed E-state index contributed by atoms with van der Waals surface area (Å²) < 4.78 is 43.8. The number of allylic oxidation sites excluding steroid dienone is 3. The second-order valence-corrected chi connectivity index (χ2v) is 29.0. The van der Waals surface area contributed by atoms with Crippen LogP contribution in [0.1, 0.15) is 139 Å². The van der Waals surface area contributed by atoms with Crippen LogP contribution in [0.4, 0.5) is 0 Å². The number of carbonyl (C=O) groups excluding carboxylic acids is 4. The van der Waals surface area contributed by atoms with Gasteiger partial charge in [0.05, 0.1) is 24.4 Å². The van der Waals surface area contributed by atoms with E-state index in [0.717, 1.165) is 40.8 Å². The summed E-state index contributed by atoms with van der Waals surface area (Å²) in [5, 5.41) is 25.4. The predicted octanol–water partition coefficient (Wildman–Crippen LogP) is 9.61. The average molecular weight is 1070 g/mol. The molecule has 14 unspecified atom stereocenters. The van der Waals surface area contributed by atoms with E-state index in [9.17, 15) is 29.4 Å². The molecular weight excluding hydrogens is 973 g/mol. The second-order valence-electron chi connectivity index (χ2n) is 24.1. The van der Waals surface area contributed by atoms with E-state index in [1.54, 1.807) is 35.2 Å². The number of nitrogens with zero attached hydrogens (tertiary/aromatic N) is 1. The molecule has 2 saturated heterocycles. The van der Waals surface area contributed by atoms with Crippen molar-refractivity contribution in [2.24, 2.45) is 29.6 Å². The molecule has 16 heteroatoms. The molecule has 1 amide bonds. The van der Waals surface area contributed by atoms with Crippen LogP contribution in [0, 0.1) is 29.6 Å². The highest BCUT2D eigenvalue weighted by Gasteiger charge is 2.57. The molecule has 3 aliphatic heterocycles. The molecule has 3 N–H and O–H groups in total. The topological polar surface area (TPSA) is 192 Å². The Morgan fingerprint density at radius 2 is 1.61 bits per heavy atom. The van der Waals surface area contributed by atoms with Crippen LogP contribution in [0.5, 0.6) is 5.75 Å². The van der Waals surface area contributed by atoms with Crippen molar-refractivity contribution in [1.82, 2.24) is 9.88 Å². The van der Waals surface area contributed by atoms with Gasteiger partial charge in [0.25, 0.3) is 11.7 Å². The van der Waals surface area contributed by atoms with E-state index < -0.39 is 86.1 Å². The lowest BCUT2D eigenvalue weighted by Crippen LogP contribution is -2.64. The number of fused-ring (bicyclic) bond motifs is 4. The van der Waals surface area contributed by atoms with Gasteiger partial charge >= 0.3 is 5.97 Å². The Hall–Kier alpha value is -3.74. The Balaban J connectivity index is 1.24. The van der Waals surface area contributed by atoms with Gasteiger partial charge in [0.15, 0.2) is 8.32 Å². The molecule has 1 aromatic carbocycles. The van der Waals surface area contributed by atoms with Gasteiger partial charge < -0.3 is 52.9 Å². The first-order valence-corrected chi connectivity index (χ1v) is 30.8. The Bertz CT molecular complexity index is 2340. The smallest absolute Gasteiger partial charge is 0.329 e. The van der Waals surface area contributed by atoms with Crippen molar-refractivity contribution in [3.05, 3.63) is 53.3 Å². The molecule has 0 radical (unpaired) electrons. The minimum Gasteiger partial charge on any atom is -0.488 e. The van der Waals surface area contributed by atoms with E-state index in [0.29, 0.717) is 57.1 Å². The number of aromatic amines is 1. The van der Waals surface area contributed by atoms with Crippen LogP contribution >= 0.6 is 0 Å². The number of aliphatic hydroxyl groups excluding tert-OH is 1. The Morgan fingerprint density at radius 3 is 2.28 bits per heavy atom. The summed E-state index contributed by atoms with van der Waals surface area (Å²) in [7, 11) is 2.92. The normalized spacial score (nSPS) is 34.6. The minimum atomic E-state index is -2.52. The van der Waals surface area contributed by atoms with Gasteiger partial charge in [-0.05, 0) is 137 Å². The molecule has 420 valence electrons. The van der Waals surface area contributed by atoms with Crippen LogP contribution in [-0.4, -0.2) is 141 Å². The molecule has 2 aromatic rings. The number of aromatic nitrogens is 1. The number of esters is 1. The maximum Gasteiger partial charge on any atom is 0.329 e. The number of methoxy groups -OCH3 is 3. The van der Waals surface area contributed by atoms with Gasteiger partial charge in [-0.1, -0.05) is 66.2 Å². The van der Waals surface area contributed by atoms with E-state index in [1.807, 2.05) is 39.0 Å². The molecule has 14 atom stereocenters. The molecule has 0 spiro atoms. The Labute approximate surface area is 448 Å². The number of cyclic esters (lactones) is 1. The summed E-state index contributed by atoms with van der Waals surface area (Å²) in [5.41, 5.74) is 3.79. The van der Waals surface area contributed by atoms with Gasteiger partial charge in [0.2, 0.25) is 5.79 Å². The summed E-state index contributed by atoms with van der Waals surface area (Å²) in [6, 6.07) is 7.13. The van der Waals surface area contributed by atoms with Crippen molar-refractivity contribution in [3.63, 3.8) is 0 Å². The van der Waals surface area contributed by atoms with Crippen molar-refractivity contribution in [1.29, 1.82) is 0 Å². The lowest BCUT2D eigenvalue weighted by Gasteiger charge is -2.47. The predicted molar refractivity (Wildman–Crippen MR) is 292 cm³/mol. The number of hydrogen-bond acceptors (Lipinski definition) is 13. The Morgan fingerprint density at radius 1 is 0.920 bits per heavy atom. The lowest BCUT2D eigenvalue weighted by molar-refractivity contribution is -0.302. The molecule has 4 heterocycles. The van der Waals surface area contributed by atoms with Gasteiger partial charge in [-0.15, -0.1) is 0 Å². The molecular formula is C59H92N2O13Si. The number of aliphatic hydroxyl groups is 2. The highest BCUT2D eigenvalue weighted by molar-refractivity contribution is 6.74. The van der Waals surface area contributed by atoms with Gasteiger partial charge in [0.1, 0.15) is 35.9 Å². The molecule has 1 aliphatic carbocycles. The zero-order chi connectivity index (χ0) is 55.2. The molecule has 6 rings (SSSR count). The van der Waals surface area contributed by atoms with Crippen LogP contribution in [0.2, 0.25) is 18.1 Å². The first-order valence-electron chi connectivity index (χ1n) is 27.9. The van der Waals surface area contributed by atoms with Crippen molar-refractivity contribution in [2.75, 3.05) is 34.5 Å². The number of amides is 1. The van der Waals surface area contributed by atoms with E-state index in [4.69, 9.17) is 32.8 Å². The number of hydrogen-bond donors (Lipinski definition) is 3. The van der Waals surface area contributed by atoms with E-state index in [-0.39, 0.29) is 60.7 Å². The number of rotatable bonds is 12. The van der Waals surface area contributed by atoms with Crippen LogP contribution in [-0.2, 0) is 53.7 Å². The fourth-order valence-electron chi connectivity index (χ4n) is 11.7. The fourth-order valence-corrected chi connectivity index (χ4v) is 12.7. The first-order chi connectivity index (χ1) is 35.3. The van der Waals surface area contributed by atoms with Crippen molar-refractivity contribution in [3.8, 4) is 5.75 Å². The first kappa shape index (κ1) is 60.5. The van der Waals surface area contributed by atoms with E-state index >= 15 is 0 Å². The number of nitrogens with one attached hydrogen (secondary N) is 1. The lowest BCUT2D eigenvalue weighted by atomic mass is 9.81. The van der Waals surface area contributed by atoms with Gasteiger partial charge in [0, 0.05) is 82.4 Å². The molecule has 15 nitrogen and oxygen atoms in total. The summed E-state index contributed by atoms with van der Waals surface area (Å²) >= 11 is 0. The minimum absolute atomic E-state index is 0.00516. The highest BCUT2D eigenvalue weighted by atomic mass is 28.4. The maximum absolute atomic E-state index is 14.7.